The van der Waals surface area contributed by atoms with E-state index in [1.54, 1.807) is 18.3 Å². The number of Topliss-reactive ketones (excluding diaryl/α,β-unsaturated/α-hetero) is 1. The van der Waals surface area contributed by atoms with E-state index < -0.39 is 42.0 Å². The molecule has 5 atom stereocenters. The summed E-state index contributed by atoms with van der Waals surface area (Å²) in [5.74, 6) is -2.36. The van der Waals surface area contributed by atoms with Crippen molar-refractivity contribution in [3.63, 3.8) is 0 Å². The first-order valence-corrected chi connectivity index (χ1v) is 13.1. The van der Waals surface area contributed by atoms with E-state index in [2.05, 4.69) is 4.98 Å². The van der Waals surface area contributed by atoms with Gasteiger partial charge in [-0.3, -0.25) is 9.59 Å². The number of carboxylic acids is 1. The third-order valence-electron chi connectivity index (χ3n) is 6.80. The molecule has 0 aliphatic heterocycles. The summed E-state index contributed by atoms with van der Waals surface area (Å²) < 4.78 is 0. The number of carboxylic acid groups (broad SMARTS) is 1. The molecule has 0 aromatic carbocycles. The fraction of sp³-hybridized carbons (Fsp3) is 0.667. The number of nitrogens with zero attached hydrogens (tertiary/aromatic N) is 1. The van der Waals surface area contributed by atoms with Gasteiger partial charge >= 0.3 is 5.97 Å². The van der Waals surface area contributed by atoms with Crippen molar-refractivity contribution in [3.8, 4) is 0 Å². The molecule has 0 radical (unpaired) electrons. The third kappa shape index (κ3) is 9.95. The van der Waals surface area contributed by atoms with Gasteiger partial charge in [-0.1, -0.05) is 39.3 Å². The number of hydrogen-bond donors (Lipinski definition) is 4. The number of aliphatic carboxylic acids is 1. The second-order valence-electron chi connectivity index (χ2n) is 10.3. The summed E-state index contributed by atoms with van der Waals surface area (Å²) in [6.07, 6.45) is 3.55. The first-order valence-electron chi connectivity index (χ1n) is 12.2. The monoisotopic (exact) mass is 509 g/mol. The van der Waals surface area contributed by atoms with Crippen LogP contribution in [-0.2, 0) is 9.59 Å². The van der Waals surface area contributed by atoms with Gasteiger partial charge in [0.1, 0.15) is 5.78 Å². The maximum atomic E-state index is 12.9. The lowest BCUT2D eigenvalue weighted by Gasteiger charge is -2.34. The Hall–Kier alpha value is -1.87. The summed E-state index contributed by atoms with van der Waals surface area (Å²) in [4.78, 5) is 28.2. The Kier molecular flexibility index (Phi) is 12.5. The summed E-state index contributed by atoms with van der Waals surface area (Å²) in [7, 11) is 0. The number of ketones is 1. The van der Waals surface area contributed by atoms with Crippen molar-refractivity contribution in [1.82, 2.24) is 4.98 Å². The molecule has 7 nitrogen and oxygen atoms in total. The Balaban J connectivity index is 2.54. The SMILES string of the molecule is CC(=CC[C@@H](O)C(C)=Cc1csc(C)n1)CCC[C@H](C)[C@H](O)[C@@H](C)C(=O)C(C)(C)[C@@H](O)CC(=O)O. The van der Waals surface area contributed by atoms with Crippen LogP contribution in [0, 0.1) is 24.2 Å². The molecule has 0 aliphatic carbocycles. The number of aliphatic hydroxyl groups is 3. The number of thiazole rings is 1. The van der Waals surface area contributed by atoms with Gasteiger partial charge in [-0.05, 0) is 64.0 Å². The zero-order valence-electron chi connectivity index (χ0n) is 22.1. The molecule has 0 aliphatic rings. The highest BCUT2D eigenvalue weighted by Gasteiger charge is 2.41. The van der Waals surface area contributed by atoms with Gasteiger partial charge in [-0.2, -0.15) is 0 Å². The lowest BCUT2D eigenvalue weighted by Crippen LogP contribution is -2.45. The predicted molar refractivity (Wildman–Crippen MR) is 140 cm³/mol. The first-order chi connectivity index (χ1) is 16.2. The highest BCUT2D eigenvalue weighted by Crippen LogP contribution is 2.31. The average molecular weight is 510 g/mol. The van der Waals surface area contributed by atoms with Crippen molar-refractivity contribution < 1.29 is 30.0 Å². The Morgan fingerprint density at radius 3 is 2.34 bits per heavy atom. The Labute approximate surface area is 213 Å². The fourth-order valence-corrected chi connectivity index (χ4v) is 4.64. The van der Waals surface area contributed by atoms with Crippen molar-refractivity contribution in [2.24, 2.45) is 17.3 Å². The highest BCUT2D eigenvalue weighted by atomic mass is 32.1. The Morgan fingerprint density at radius 2 is 1.80 bits per heavy atom. The van der Waals surface area contributed by atoms with Gasteiger partial charge in [0.05, 0.1) is 40.8 Å². The minimum Gasteiger partial charge on any atom is -0.481 e. The van der Waals surface area contributed by atoms with Crippen LogP contribution in [0.4, 0.5) is 0 Å². The molecule has 0 unspecified atom stereocenters. The van der Waals surface area contributed by atoms with E-state index in [4.69, 9.17) is 5.11 Å². The molecule has 1 rings (SSSR count). The van der Waals surface area contributed by atoms with Crippen LogP contribution >= 0.6 is 11.3 Å². The van der Waals surface area contributed by atoms with Gasteiger partial charge in [-0.25, -0.2) is 4.98 Å². The van der Waals surface area contributed by atoms with Gasteiger partial charge in [0, 0.05) is 11.3 Å². The van der Waals surface area contributed by atoms with Gasteiger partial charge < -0.3 is 20.4 Å². The number of aliphatic hydroxyl groups excluding tert-OH is 3. The fourth-order valence-electron chi connectivity index (χ4n) is 4.07. The first kappa shape index (κ1) is 31.2. The minimum atomic E-state index is -1.32. The average Bonchev–Trinajstić information content (AvgIpc) is 3.19. The van der Waals surface area contributed by atoms with E-state index in [-0.39, 0.29) is 11.7 Å². The molecule has 35 heavy (non-hydrogen) atoms. The van der Waals surface area contributed by atoms with E-state index in [1.807, 2.05) is 45.2 Å². The second-order valence-corrected chi connectivity index (χ2v) is 11.4. The van der Waals surface area contributed by atoms with Crippen LogP contribution < -0.4 is 0 Å². The number of hydrogen-bond acceptors (Lipinski definition) is 7. The predicted octanol–water partition coefficient (Wildman–Crippen LogP) is 4.79. The summed E-state index contributed by atoms with van der Waals surface area (Å²) in [5.41, 5.74) is 1.63. The van der Waals surface area contributed by atoms with E-state index in [0.29, 0.717) is 12.8 Å². The van der Waals surface area contributed by atoms with Crippen molar-refractivity contribution in [2.45, 2.75) is 98.9 Å². The third-order valence-corrected chi connectivity index (χ3v) is 7.59. The Morgan fingerprint density at radius 1 is 1.17 bits per heavy atom. The lowest BCUT2D eigenvalue weighted by molar-refractivity contribution is -0.147. The quantitative estimate of drug-likeness (QED) is 0.250. The molecular formula is C27H43NO6S. The van der Waals surface area contributed by atoms with Crippen molar-refractivity contribution in [3.05, 3.63) is 33.3 Å². The number of allylic oxidation sites excluding steroid dienone is 1. The van der Waals surface area contributed by atoms with Crippen molar-refractivity contribution >= 4 is 29.2 Å². The van der Waals surface area contributed by atoms with Crippen molar-refractivity contribution in [1.29, 1.82) is 0 Å². The molecule has 0 bridgehead atoms. The maximum Gasteiger partial charge on any atom is 0.306 e. The summed E-state index contributed by atoms with van der Waals surface area (Å²) in [6, 6.07) is 0. The number of carbonyl (C=O) groups is 2. The molecule has 1 aromatic heterocycles. The number of carbonyl (C=O) groups excluding carboxylic acids is 1. The van der Waals surface area contributed by atoms with Crippen LogP contribution in [0.3, 0.4) is 0 Å². The van der Waals surface area contributed by atoms with Crippen LogP contribution in [0.15, 0.2) is 22.6 Å². The van der Waals surface area contributed by atoms with E-state index in [1.165, 1.54) is 13.8 Å². The molecule has 8 heteroatoms. The van der Waals surface area contributed by atoms with Crippen molar-refractivity contribution in [2.75, 3.05) is 0 Å². The normalized spacial score (nSPS) is 17.5. The standard InChI is InChI=1S/C27H43NO6S/c1-16(11-12-22(29)18(3)13-21-15-35-20(5)28-21)9-8-10-17(2)25(33)19(4)26(34)27(6,7)23(30)14-24(31)32/h11,13,15,17,19,22-23,25,29-30,33H,8-10,12,14H2,1-7H3,(H,31,32)/t17-,19+,22+,23-,25-/m0/s1. The molecule has 0 spiro atoms. The number of aryl methyl sites for hydroxylation is 1. The summed E-state index contributed by atoms with van der Waals surface area (Å²) >= 11 is 1.58. The molecule has 0 saturated heterocycles. The molecule has 198 valence electrons. The van der Waals surface area contributed by atoms with Gasteiger partial charge in [0.25, 0.3) is 0 Å². The van der Waals surface area contributed by atoms with E-state index in [0.717, 1.165) is 34.7 Å². The maximum absolute atomic E-state index is 12.9. The van der Waals surface area contributed by atoms with Gasteiger partial charge in [0.15, 0.2) is 0 Å². The molecule has 0 amide bonds. The molecule has 0 saturated carbocycles. The van der Waals surface area contributed by atoms with E-state index in [9.17, 15) is 24.9 Å². The zero-order chi connectivity index (χ0) is 26.9. The topological polar surface area (TPSA) is 128 Å². The van der Waals surface area contributed by atoms with Crippen LogP contribution in [0.5, 0.6) is 0 Å². The second kappa shape index (κ2) is 14.0. The Bertz CT molecular complexity index is 903. The van der Waals surface area contributed by atoms with E-state index >= 15 is 0 Å². The molecule has 1 heterocycles. The molecule has 0 fully saturated rings. The van der Waals surface area contributed by atoms with Crippen LogP contribution in [0.1, 0.15) is 84.3 Å². The minimum absolute atomic E-state index is 0.133. The number of aromatic nitrogens is 1. The zero-order valence-corrected chi connectivity index (χ0v) is 22.9. The summed E-state index contributed by atoms with van der Waals surface area (Å²) in [5, 5.41) is 43.2. The van der Waals surface area contributed by atoms with Crippen LogP contribution in [-0.4, -0.2) is 55.5 Å². The molecule has 1 aromatic rings. The number of rotatable bonds is 15. The molecule has 4 N–H and O–H groups in total. The largest absolute Gasteiger partial charge is 0.481 e. The summed E-state index contributed by atoms with van der Waals surface area (Å²) in [6.45, 7) is 12.4. The van der Waals surface area contributed by atoms with Crippen LogP contribution in [0.25, 0.3) is 6.08 Å². The highest BCUT2D eigenvalue weighted by molar-refractivity contribution is 7.09. The van der Waals surface area contributed by atoms with Gasteiger partial charge in [0.2, 0.25) is 0 Å². The van der Waals surface area contributed by atoms with Crippen LogP contribution in [0.2, 0.25) is 0 Å². The lowest BCUT2D eigenvalue weighted by atomic mass is 9.73. The molecular weight excluding hydrogens is 466 g/mol. The van der Waals surface area contributed by atoms with Gasteiger partial charge in [-0.15, -0.1) is 11.3 Å². The smallest absolute Gasteiger partial charge is 0.306 e.